The summed E-state index contributed by atoms with van der Waals surface area (Å²) < 4.78 is 85.9. The minimum Gasteiger partial charge on any atom is -0.870 e. The Labute approximate surface area is 529 Å². The van der Waals surface area contributed by atoms with E-state index in [4.69, 9.17) is 14.2 Å². The van der Waals surface area contributed by atoms with Crippen LogP contribution >= 0.6 is 24.4 Å². The average molecular weight is 1230 g/mol. The maximum Gasteiger partial charge on any atom is 1.00 e. The molecule has 0 aromatic heterocycles. The third-order valence-corrected chi connectivity index (χ3v) is 17.4. The number of epoxide rings is 1. The number of thiol groups is 1. The van der Waals surface area contributed by atoms with E-state index in [0.717, 1.165) is 49.7 Å². The molecule has 0 aliphatic carbocycles. The predicted molar refractivity (Wildman–Crippen MR) is 334 cm³/mol. The zero-order chi connectivity index (χ0) is 61.2. The van der Waals surface area contributed by atoms with E-state index < -0.39 is 47.3 Å². The molecule has 1 fully saturated rings. The third kappa shape index (κ3) is 25.2. The van der Waals surface area contributed by atoms with Gasteiger partial charge in [0.15, 0.2) is 0 Å². The van der Waals surface area contributed by atoms with E-state index in [1.807, 2.05) is 56.3 Å². The minimum atomic E-state index is -4.31. The summed E-state index contributed by atoms with van der Waals surface area (Å²) in [4.78, 5) is 26.4. The molecule has 8 unspecified atom stereocenters. The Morgan fingerprint density at radius 3 is 1.16 bits per heavy atom. The number of carbonyl (C=O) groups excluding carboxylic acids is 2. The van der Waals surface area contributed by atoms with Crippen LogP contribution in [0, 0.1) is 23.7 Å². The molecule has 7 nitrogen and oxygen atoms in total. The molecule has 86 heavy (non-hydrogen) atoms. The van der Waals surface area contributed by atoms with Crippen molar-refractivity contribution >= 4 is 36.3 Å². The average Bonchev–Trinajstić information content (AvgIpc) is 2.11. The van der Waals surface area contributed by atoms with Crippen molar-refractivity contribution in [1.29, 1.82) is 0 Å². The Morgan fingerprint density at radius 2 is 0.872 bits per heavy atom. The number of carbonyl (C=O) groups is 2. The maximum atomic E-state index is 13.3. The molecule has 0 radical (unpaired) electrons. The smallest absolute Gasteiger partial charge is 0.870 e. The molecule has 0 saturated carbocycles. The van der Waals surface area contributed by atoms with Crippen molar-refractivity contribution in [3.63, 3.8) is 0 Å². The standard InChI is InChI=1S/C35H43F3O3S.C33H40O3.C2H3F3S.Li.H2O/c1-4-26(2)20-29(28-14-8-5-9-15-28)22-34(30-16-10-6-11-17-30,31-18-12-7-13-19-31)21-27(3)33(40)41-23-32(39)24-42-25-35(36,37)38;1-4-25(2)20-28(27-14-8-5-9-15-27)22-33(29-16-10-6-11-17-29,30-18-12-7-13-19-30)21-26(3)32(34)36-24-31-23-35-31;3-2(4,5)1-6;;/h5-19,26-27,29,32,39H,4,20-25H2,1-3H3;5-19,25-26,28,31H,4,20-24H2,1-3H3;6H,1H2;;1H2/q;;;+1;/p-1. The molecular weight excluding hydrogens is 1140 g/mol. The van der Waals surface area contributed by atoms with Gasteiger partial charge in [0.2, 0.25) is 0 Å². The van der Waals surface area contributed by atoms with Crippen LogP contribution in [0.2, 0.25) is 0 Å². The molecule has 8 atom stereocenters. The van der Waals surface area contributed by atoms with Crippen LogP contribution in [0.1, 0.15) is 138 Å². The molecule has 464 valence electrons. The van der Waals surface area contributed by atoms with E-state index in [1.165, 1.54) is 22.3 Å². The van der Waals surface area contributed by atoms with Crippen molar-refractivity contribution in [2.75, 3.05) is 37.1 Å². The topological polar surface area (TPSA) is 115 Å². The van der Waals surface area contributed by atoms with Gasteiger partial charge in [0.1, 0.15) is 19.3 Å². The third-order valence-electron chi connectivity index (χ3n) is 15.9. The van der Waals surface area contributed by atoms with Crippen molar-refractivity contribution in [1.82, 2.24) is 0 Å². The Hall–Kier alpha value is -4.98. The van der Waals surface area contributed by atoms with Gasteiger partial charge in [0.05, 0.1) is 36.1 Å². The Balaban J connectivity index is 0.000000405. The van der Waals surface area contributed by atoms with Crippen LogP contribution in [0.3, 0.4) is 0 Å². The van der Waals surface area contributed by atoms with Gasteiger partial charge in [-0.25, -0.2) is 0 Å². The number of aliphatic hydroxyl groups excluding tert-OH is 1. The largest absolute Gasteiger partial charge is 1.00 e. The van der Waals surface area contributed by atoms with Gasteiger partial charge in [-0.3, -0.25) is 9.59 Å². The van der Waals surface area contributed by atoms with Gasteiger partial charge in [-0.2, -0.15) is 39.0 Å². The molecule has 6 aromatic carbocycles. The minimum absolute atomic E-state index is 0. The van der Waals surface area contributed by atoms with Gasteiger partial charge >= 0.3 is 43.2 Å². The maximum absolute atomic E-state index is 13.3. The van der Waals surface area contributed by atoms with E-state index in [-0.39, 0.29) is 66.0 Å². The fourth-order valence-electron chi connectivity index (χ4n) is 11.1. The fourth-order valence-corrected chi connectivity index (χ4v) is 11.8. The van der Waals surface area contributed by atoms with Crippen LogP contribution < -0.4 is 18.9 Å². The van der Waals surface area contributed by atoms with Gasteiger partial charge in [0, 0.05) is 16.6 Å². The van der Waals surface area contributed by atoms with Gasteiger partial charge in [-0.1, -0.05) is 236 Å². The molecule has 1 aliphatic heterocycles. The first-order valence-electron chi connectivity index (χ1n) is 29.4. The van der Waals surface area contributed by atoms with Crippen LogP contribution in [-0.4, -0.2) is 84.2 Å². The molecule has 1 heterocycles. The molecule has 1 saturated heterocycles. The van der Waals surface area contributed by atoms with Gasteiger partial charge in [-0.15, -0.1) is 11.8 Å². The summed E-state index contributed by atoms with van der Waals surface area (Å²) in [7, 11) is 0. The molecule has 7 rings (SSSR count). The fraction of sp³-hybridized carbons (Fsp3) is 0.457. The van der Waals surface area contributed by atoms with Crippen molar-refractivity contribution < 1.29 is 79.6 Å². The molecule has 6 aromatic rings. The summed E-state index contributed by atoms with van der Waals surface area (Å²) in [6.45, 7) is 13.7. The molecule has 0 bridgehead atoms. The van der Waals surface area contributed by atoms with E-state index in [9.17, 15) is 41.0 Å². The van der Waals surface area contributed by atoms with Crippen molar-refractivity contribution in [2.24, 2.45) is 23.7 Å². The number of ether oxygens (including phenoxy) is 3. The van der Waals surface area contributed by atoms with E-state index in [0.29, 0.717) is 55.6 Å². The summed E-state index contributed by atoms with van der Waals surface area (Å²) in [6, 6.07) is 63.6. The van der Waals surface area contributed by atoms with Crippen molar-refractivity contribution in [3.8, 4) is 0 Å². The summed E-state index contributed by atoms with van der Waals surface area (Å²) >= 11 is 3.55. The summed E-state index contributed by atoms with van der Waals surface area (Å²) in [6.07, 6.45) is -2.28. The van der Waals surface area contributed by atoms with Gasteiger partial charge in [0.25, 0.3) is 0 Å². The Bertz CT molecular complexity index is 2690. The molecule has 2 N–H and O–H groups in total. The van der Waals surface area contributed by atoms with Crippen LogP contribution in [0.4, 0.5) is 26.3 Å². The first-order chi connectivity index (χ1) is 40.1. The number of thioether (sulfide) groups is 1. The summed E-state index contributed by atoms with van der Waals surface area (Å²) in [5.74, 6) is -1.90. The van der Waals surface area contributed by atoms with Crippen LogP contribution in [0.15, 0.2) is 182 Å². The number of alkyl halides is 6. The summed E-state index contributed by atoms with van der Waals surface area (Å²) in [5.41, 5.74) is 6.53. The van der Waals surface area contributed by atoms with Crippen molar-refractivity contribution in [2.45, 2.75) is 140 Å². The van der Waals surface area contributed by atoms with Gasteiger partial charge in [-0.05, 0) is 95.6 Å². The summed E-state index contributed by atoms with van der Waals surface area (Å²) in [5, 5.41) is 10.2. The number of hydrogen-bond acceptors (Lipinski definition) is 9. The van der Waals surface area contributed by atoms with Gasteiger partial charge < -0.3 is 24.8 Å². The zero-order valence-electron chi connectivity index (χ0n) is 50.9. The first kappa shape index (κ1) is 75.3. The monoisotopic (exact) mass is 1220 g/mol. The first-order valence-corrected chi connectivity index (χ1v) is 31.2. The quantitative estimate of drug-likeness (QED) is 0.0157. The zero-order valence-corrected chi connectivity index (χ0v) is 52.6. The number of hydrogen-bond donors (Lipinski definition) is 2. The number of esters is 2. The second-order valence-corrected chi connectivity index (χ2v) is 24.1. The Kier molecular flexibility index (Phi) is 33.1. The number of rotatable bonds is 29. The second-order valence-electron chi connectivity index (χ2n) is 22.7. The van der Waals surface area contributed by atoms with Crippen molar-refractivity contribution in [3.05, 3.63) is 215 Å². The normalized spacial score (nSPS) is 15.6. The Morgan fingerprint density at radius 1 is 0.558 bits per heavy atom. The molecule has 0 amide bonds. The number of benzene rings is 6. The second kappa shape index (κ2) is 37.8. The SMILES string of the molecule is CCC(C)CC(CC(CC(C)C(=O)OCC(O)CSCC(F)(F)F)(c1ccccc1)c1ccccc1)c1ccccc1.CCC(C)CC(CC(CC(C)C(=O)OCC1CO1)(c1ccccc1)c1ccccc1)c1ccccc1.FC(F)(F)CS.[Li+].[OH-]. The van der Waals surface area contributed by atoms with Crippen LogP contribution in [-0.2, 0) is 34.6 Å². The van der Waals surface area contributed by atoms with Crippen LogP contribution in [0.25, 0.3) is 0 Å². The molecule has 16 heteroatoms. The molecule has 1 aliphatic rings. The van der Waals surface area contributed by atoms with Crippen LogP contribution in [0.5, 0.6) is 0 Å². The number of halogens is 6. The molecular formula is C70H87F6LiO7S2. The van der Waals surface area contributed by atoms with E-state index in [1.54, 1.807) is 0 Å². The van der Waals surface area contributed by atoms with E-state index in [2.05, 4.69) is 180 Å². The van der Waals surface area contributed by atoms with E-state index >= 15 is 0 Å². The molecule has 0 spiro atoms. The predicted octanol–water partition coefficient (Wildman–Crippen LogP) is 14.7. The number of aliphatic hydroxyl groups is 1.